The van der Waals surface area contributed by atoms with Gasteiger partial charge in [-0.1, -0.05) is 58.4 Å². The number of aliphatic hydroxyl groups is 1. The summed E-state index contributed by atoms with van der Waals surface area (Å²) in [6.45, 7) is 2.31. The van der Waals surface area contributed by atoms with E-state index in [1.54, 1.807) is 0 Å². The number of nitrogens with one attached hydrogen (secondary N) is 1. The van der Waals surface area contributed by atoms with E-state index in [4.69, 9.17) is 0 Å². The second-order valence-corrected chi connectivity index (χ2v) is 6.38. The van der Waals surface area contributed by atoms with Crippen molar-refractivity contribution in [2.24, 2.45) is 0 Å². The number of halogens is 1. The Balaban J connectivity index is 1.87. The molecule has 0 aliphatic heterocycles. The quantitative estimate of drug-likeness (QED) is 0.802. The van der Waals surface area contributed by atoms with Gasteiger partial charge in [0.1, 0.15) is 0 Å². The molecule has 0 heterocycles. The van der Waals surface area contributed by atoms with Crippen molar-refractivity contribution in [3.63, 3.8) is 0 Å². The average molecular weight is 348 g/mol. The van der Waals surface area contributed by atoms with Gasteiger partial charge in [0.05, 0.1) is 6.61 Å². The maximum atomic E-state index is 9.57. The molecule has 0 saturated heterocycles. The Morgan fingerprint density at radius 2 is 1.57 bits per heavy atom. The maximum absolute atomic E-state index is 9.57. The van der Waals surface area contributed by atoms with Gasteiger partial charge >= 0.3 is 0 Å². The van der Waals surface area contributed by atoms with Crippen molar-refractivity contribution >= 4 is 15.9 Å². The highest BCUT2D eigenvalue weighted by molar-refractivity contribution is 9.10. The van der Waals surface area contributed by atoms with Crippen LogP contribution in [-0.4, -0.2) is 23.8 Å². The SMILES string of the molecule is CC(Cc1ccc(Br)cc1)N[C@@H](CO)Cc1ccccc1. The van der Waals surface area contributed by atoms with Gasteiger partial charge in [-0.15, -0.1) is 0 Å². The summed E-state index contributed by atoms with van der Waals surface area (Å²) < 4.78 is 1.10. The molecule has 2 rings (SSSR count). The molecule has 3 heteroatoms. The molecule has 0 spiro atoms. The summed E-state index contributed by atoms with van der Waals surface area (Å²) in [4.78, 5) is 0. The van der Waals surface area contributed by atoms with Crippen LogP contribution in [0.15, 0.2) is 59.1 Å². The molecule has 2 aromatic rings. The van der Waals surface area contributed by atoms with Crippen molar-refractivity contribution in [2.75, 3.05) is 6.61 Å². The van der Waals surface area contributed by atoms with Gasteiger partial charge in [0.2, 0.25) is 0 Å². The van der Waals surface area contributed by atoms with Crippen LogP contribution in [0, 0.1) is 0 Å². The first-order valence-electron chi connectivity index (χ1n) is 7.32. The predicted octanol–water partition coefficient (Wildman–Crippen LogP) is 3.57. The Labute approximate surface area is 135 Å². The van der Waals surface area contributed by atoms with E-state index in [2.05, 4.69) is 64.6 Å². The molecule has 2 nitrogen and oxygen atoms in total. The van der Waals surface area contributed by atoms with Crippen LogP contribution in [0.4, 0.5) is 0 Å². The van der Waals surface area contributed by atoms with E-state index in [9.17, 15) is 5.11 Å². The molecule has 112 valence electrons. The van der Waals surface area contributed by atoms with Gasteiger partial charge in [-0.05, 0) is 43.0 Å². The van der Waals surface area contributed by atoms with Gasteiger partial charge < -0.3 is 10.4 Å². The highest BCUT2D eigenvalue weighted by atomic mass is 79.9. The number of hydrogen-bond donors (Lipinski definition) is 2. The largest absolute Gasteiger partial charge is 0.395 e. The first-order valence-corrected chi connectivity index (χ1v) is 8.12. The second-order valence-electron chi connectivity index (χ2n) is 5.47. The number of hydrogen-bond acceptors (Lipinski definition) is 2. The number of aliphatic hydroxyl groups excluding tert-OH is 1. The minimum absolute atomic E-state index is 0.0952. The molecule has 0 radical (unpaired) electrons. The Bertz CT molecular complexity index is 527. The molecule has 0 saturated carbocycles. The number of benzene rings is 2. The highest BCUT2D eigenvalue weighted by Gasteiger charge is 2.12. The van der Waals surface area contributed by atoms with Crippen LogP contribution in [0.5, 0.6) is 0 Å². The zero-order valence-corrected chi connectivity index (χ0v) is 13.9. The van der Waals surface area contributed by atoms with E-state index >= 15 is 0 Å². The third kappa shape index (κ3) is 5.62. The van der Waals surface area contributed by atoms with Crippen LogP contribution in [-0.2, 0) is 12.8 Å². The summed E-state index contributed by atoms with van der Waals surface area (Å²) >= 11 is 3.45. The third-order valence-corrected chi connectivity index (χ3v) is 4.05. The molecule has 0 fully saturated rings. The van der Waals surface area contributed by atoms with E-state index in [1.807, 2.05) is 18.2 Å². The fourth-order valence-corrected chi connectivity index (χ4v) is 2.77. The van der Waals surface area contributed by atoms with Crippen LogP contribution in [0.1, 0.15) is 18.1 Å². The topological polar surface area (TPSA) is 32.3 Å². The minimum atomic E-state index is 0.0952. The van der Waals surface area contributed by atoms with Crippen molar-refractivity contribution in [1.82, 2.24) is 5.32 Å². The molecule has 0 amide bonds. The Hall–Kier alpha value is -1.16. The summed E-state index contributed by atoms with van der Waals surface area (Å²) in [6, 6.07) is 19.1. The van der Waals surface area contributed by atoms with Gasteiger partial charge in [-0.3, -0.25) is 0 Å². The zero-order chi connectivity index (χ0) is 15.1. The van der Waals surface area contributed by atoms with E-state index in [0.717, 1.165) is 17.3 Å². The lowest BCUT2D eigenvalue weighted by molar-refractivity contribution is 0.232. The molecule has 21 heavy (non-hydrogen) atoms. The number of rotatable bonds is 7. The molecule has 2 atom stereocenters. The van der Waals surface area contributed by atoms with Gasteiger partial charge in [0.15, 0.2) is 0 Å². The fourth-order valence-electron chi connectivity index (χ4n) is 2.51. The van der Waals surface area contributed by atoms with Crippen molar-refractivity contribution < 1.29 is 5.11 Å². The minimum Gasteiger partial charge on any atom is -0.395 e. The van der Waals surface area contributed by atoms with Crippen LogP contribution < -0.4 is 5.32 Å². The maximum Gasteiger partial charge on any atom is 0.0587 e. The van der Waals surface area contributed by atoms with E-state index < -0.39 is 0 Å². The molecule has 2 N–H and O–H groups in total. The summed E-state index contributed by atoms with van der Waals surface area (Å²) in [7, 11) is 0. The van der Waals surface area contributed by atoms with Crippen molar-refractivity contribution in [1.29, 1.82) is 0 Å². The lowest BCUT2D eigenvalue weighted by atomic mass is 10.0. The smallest absolute Gasteiger partial charge is 0.0587 e. The molecule has 0 aliphatic rings. The first kappa shape index (κ1) is 16.2. The van der Waals surface area contributed by atoms with Gasteiger partial charge in [0, 0.05) is 16.6 Å². The lowest BCUT2D eigenvalue weighted by Crippen LogP contribution is -2.41. The monoisotopic (exact) mass is 347 g/mol. The van der Waals surface area contributed by atoms with E-state index in [-0.39, 0.29) is 12.6 Å². The van der Waals surface area contributed by atoms with Crippen molar-refractivity contribution in [3.05, 3.63) is 70.2 Å². The summed E-state index contributed by atoms with van der Waals surface area (Å²) in [5.41, 5.74) is 2.55. The van der Waals surface area contributed by atoms with Gasteiger partial charge in [0.25, 0.3) is 0 Å². The molecule has 2 aromatic carbocycles. The molecule has 0 bridgehead atoms. The Morgan fingerprint density at radius 1 is 0.952 bits per heavy atom. The van der Waals surface area contributed by atoms with Gasteiger partial charge in [-0.25, -0.2) is 0 Å². The van der Waals surface area contributed by atoms with Crippen LogP contribution >= 0.6 is 15.9 Å². The Morgan fingerprint density at radius 3 is 2.19 bits per heavy atom. The van der Waals surface area contributed by atoms with Crippen molar-refractivity contribution in [2.45, 2.75) is 31.8 Å². The normalized spacial score (nSPS) is 13.9. The standard InChI is InChI=1S/C18H22BrNO/c1-14(11-16-7-9-17(19)10-8-16)20-18(13-21)12-15-5-3-2-4-6-15/h2-10,14,18,20-21H,11-13H2,1H3/t14?,18-/m1/s1. The highest BCUT2D eigenvalue weighted by Crippen LogP contribution is 2.12. The van der Waals surface area contributed by atoms with Crippen LogP contribution in [0.2, 0.25) is 0 Å². The average Bonchev–Trinajstić information content (AvgIpc) is 2.50. The van der Waals surface area contributed by atoms with E-state index in [0.29, 0.717) is 6.04 Å². The summed E-state index contributed by atoms with van der Waals surface area (Å²) in [5, 5.41) is 13.1. The van der Waals surface area contributed by atoms with Crippen LogP contribution in [0.3, 0.4) is 0 Å². The summed E-state index contributed by atoms with van der Waals surface area (Å²) in [6.07, 6.45) is 1.81. The van der Waals surface area contributed by atoms with Crippen molar-refractivity contribution in [3.8, 4) is 0 Å². The third-order valence-electron chi connectivity index (χ3n) is 3.52. The molecular formula is C18H22BrNO. The zero-order valence-electron chi connectivity index (χ0n) is 12.3. The van der Waals surface area contributed by atoms with E-state index in [1.165, 1.54) is 11.1 Å². The first-order chi connectivity index (χ1) is 10.2. The summed E-state index contributed by atoms with van der Waals surface area (Å²) in [5.74, 6) is 0. The second kappa shape index (κ2) is 8.32. The molecule has 1 unspecified atom stereocenters. The van der Waals surface area contributed by atoms with Gasteiger partial charge in [-0.2, -0.15) is 0 Å². The van der Waals surface area contributed by atoms with Crippen LogP contribution in [0.25, 0.3) is 0 Å². The lowest BCUT2D eigenvalue weighted by Gasteiger charge is -2.22. The predicted molar refractivity (Wildman–Crippen MR) is 91.5 cm³/mol. The fraction of sp³-hybridized carbons (Fsp3) is 0.333. The Kier molecular flexibility index (Phi) is 6.43. The molecule has 0 aromatic heterocycles. The molecular weight excluding hydrogens is 326 g/mol. The molecule has 0 aliphatic carbocycles.